The van der Waals surface area contributed by atoms with Crippen LogP contribution in [0.25, 0.3) is 0 Å². The van der Waals surface area contributed by atoms with Crippen LogP contribution < -0.4 is 5.32 Å². The number of nitrogens with one attached hydrogen (secondary N) is 1. The number of carbonyl (C=O) groups excluding carboxylic acids is 2. The van der Waals surface area contributed by atoms with Crippen LogP contribution in [0.1, 0.15) is 90.5 Å². The van der Waals surface area contributed by atoms with Gasteiger partial charge in [-0.1, -0.05) is 43.2 Å². The first kappa shape index (κ1) is 30.9. The van der Waals surface area contributed by atoms with Crippen LogP contribution in [0.2, 0.25) is 0 Å². The van der Waals surface area contributed by atoms with Gasteiger partial charge in [-0.25, -0.2) is 4.79 Å². The van der Waals surface area contributed by atoms with Gasteiger partial charge in [-0.3, -0.25) is 4.79 Å². The van der Waals surface area contributed by atoms with E-state index in [4.69, 9.17) is 18.9 Å². The highest BCUT2D eigenvalue weighted by atomic mass is 16.6. The smallest absolute Gasteiger partial charge is 0.407 e. The minimum Gasteiger partial charge on any atom is -0.460 e. The van der Waals surface area contributed by atoms with Crippen molar-refractivity contribution in [1.82, 2.24) is 5.32 Å². The molecule has 7 nitrogen and oxygen atoms in total. The summed E-state index contributed by atoms with van der Waals surface area (Å²) in [5.41, 5.74) is 0.580. The Morgan fingerprint density at radius 2 is 1.29 bits per heavy atom. The van der Waals surface area contributed by atoms with E-state index in [0.717, 1.165) is 83.2 Å². The summed E-state index contributed by atoms with van der Waals surface area (Å²) >= 11 is 0. The summed E-state index contributed by atoms with van der Waals surface area (Å²) in [6, 6.07) is 9.66. The highest BCUT2D eigenvalue weighted by Gasteiger charge is 2.15. The van der Waals surface area contributed by atoms with Crippen LogP contribution in [0.4, 0.5) is 4.79 Å². The number of amides is 1. The molecule has 0 aromatic heterocycles. The molecule has 0 atom stereocenters. The number of hydrogen-bond acceptors (Lipinski definition) is 6. The zero-order valence-corrected chi connectivity index (χ0v) is 22.1. The third-order valence-corrected chi connectivity index (χ3v) is 5.11. The summed E-state index contributed by atoms with van der Waals surface area (Å²) in [6.07, 6.45) is 9.14. The minimum atomic E-state index is -0.406. The van der Waals surface area contributed by atoms with Crippen LogP contribution in [-0.4, -0.2) is 50.6 Å². The van der Waals surface area contributed by atoms with E-state index in [1.807, 2.05) is 51.1 Å². The molecule has 1 N–H and O–H groups in total. The van der Waals surface area contributed by atoms with Crippen molar-refractivity contribution in [1.29, 1.82) is 0 Å². The van der Waals surface area contributed by atoms with Gasteiger partial charge in [-0.15, -0.1) is 0 Å². The number of esters is 1. The molecule has 1 aromatic rings. The van der Waals surface area contributed by atoms with E-state index < -0.39 is 5.60 Å². The van der Waals surface area contributed by atoms with Crippen molar-refractivity contribution in [2.75, 3.05) is 33.0 Å². The van der Waals surface area contributed by atoms with Crippen molar-refractivity contribution in [2.45, 2.75) is 97.2 Å². The van der Waals surface area contributed by atoms with Crippen molar-refractivity contribution in [3.8, 4) is 0 Å². The SMILES string of the molecule is CC(C)(C)OC(=O)CCCCOCCCCCOCCCCCCNC(=O)OCc1ccccc1. The predicted octanol–water partition coefficient (Wildman–Crippen LogP) is 6.19. The topological polar surface area (TPSA) is 83.1 Å². The van der Waals surface area contributed by atoms with Crippen molar-refractivity contribution in [2.24, 2.45) is 0 Å². The lowest BCUT2D eigenvalue weighted by molar-refractivity contribution is -0.154. The fourth-order valence-electron chi connectivity index (χ4n) is 3.30. The summed E-state index contributed by atoms with van der Waals surface area (Å²) < 4.78 is 21.8. The van der Waals surface area contributed by atoms with Gasteiger partial charge < -0.3 is 24.3 Å². The Labute approximate surface area is 212 Å². The lowest BCUT2D eigenvalue weighted by Gasteiger charge is -2.19. The quantitative estimate of drug-likeness (QED) is 0.172. The van der Waals surface area contributed by atoms with Gasteiger partial charge in [0, 0.05) is 39.4 Å². The van der Waals surface area contributed by atoms with Crippen LogP contribution in [0.5, 0.6) is 0 Å². The fourth-order valence-corrected chi connectivity index (χ4v) is 3.30. The van der Waals surface area contributed by atoms with Crippen LogP contribution >= 0.6 is 0 Å². The standard InChI is InChI=1S/C28H47NO6/c1-28(2,3)35-26(30)18-10-15-23-33-22-14-7-13-21-32-20-12-5-4-11-19-29-27(31)34-24-25-16-8-6-9-17-25/h6,8-9,16-17H,4-5,7,10-15,18-24H2,1-3H3,(H,29,31). The molecule has 35 heavy (non-hydrogen) atoms. The second-order valence-corrected chi connectivity index (χ2v) is 9.73. The van der Waals surface area contributed by atoms with E-state index in [0.29, 0.717) is 26.2 Å². The predicted molar refractivity (Wildman–Crippen MR) is 138 cm³/mol. The monoisotopic (exact) mass is 493 g/mol. The number of unbranched alkanes of at least 4 members (excludes halogenated alkanes) is 6. The molecule has 1 aromatic carbocycles. The number of hydrogen-bond donors (Lipinski definition) is 1. The molecule has 1 amide bonds. The van der Waals surface area contributed by atoms with Crippen molar-refractivity contribution >= 4 is 12.1 Å². The molecule has 0 fully saturated rings. The largest absolute Gasteiger partial charge is 0.460 e. The Morgan fingerprint density at radius 1 is 0.743 bits per heavy atom. The average Bonchev–Trinajstić information content (AvgIpc) is 2.81. The molecular weight excluding hydrogens is 446 g/mol. The third-order valence-electron chi connectivity index (χ3n) is 5.11. The molecule has 0 aliphatic heterocycles. The lowest BCUT2D eigenvalue weighted by Crippen LogP contribution is -2.25. The summed E-state index contributed by atoms with van der Waals surface area (Å²) in [5.74, 6) is -0.133. The molecule has 0 radical (unpaired) electrons. The Kier molecular flexibility index (Phi) is 17.8. The maximum Gasteiger partial charge on any atom is 0.407 e. The number of carbonyl (C=O) groups is 2. The third kappa shape index (κ3) is 20.9. The number of benzene rings is 1. The Bertz CT molecular complexity index is 659. The van der Waals surface area contributed by atoms with E-state index in [2.05, 4.69) is 5.32 Å². The minimum absolute atomic E-state index is 0.133. The van der Waals surface area contributed by atoms with Gasteiger partial charge in [-0.2, -0.15) is 0 Å². The van der Waals surface area contributed by atoms with E-state index in [1.165, 1.54) is 0 Å². The Hall–Kier alpha value is -2.12. The van der Waals surface area contributed by atoms with Gasteiger partial charge in [0.2, 0.25) is 0 Å². The van der Waals surface area contributed by atoms with Gasteiger partial charge in [0.25, 0.3) is 0 Å². The Balaban J connectivity index is 1.74. The highest BCUT2D eigenvalue weighted by molar-refractivity contribution is 5.69. The first-order valence-corrected chi connectivity index (χ1v) is 13.2. The molecule has 0 heterocycles. The fraction of sp³-hybridized carbons (Fsp3) is 0.714. The average molecular weight is 494 g/mol. The van der Waals surface area contributed by atoms with Crippen LogP contribution in [0, 0.1) is 0 Å². The van der Waals surface area contributed by atoms with Crippen LogP contribution in [0.3, 0.4) is 0 Å². The highest BCUT2D eigenvalue weighted by Crippen LogP contribution is 2.10. The van der Waals surface area contributed by atoms with E-state index in [-0.39, 0.29) is 12.1 Å². The summed E-state index contributed by atoms with van der Waals surface area (Å²) in [5, 5.41) is 2.79. The van der Waals surface area contributed by atoms with Gasteiger partial charge in [0.1, 0.15) is 12.2 Å². The molecule has 7 heteroatoms. The zero-order valence-electron chi connectivity index (χ0n) is 22.1. The molecule has 200 valence electrons. The van der Waals surface area contributed by atoms with E-state index in [9.17, 15) is 9.59 Å². The van der Waals surface area contributed by atoms with Crippen molar-refractivity contribution in [3.05, 3.63) is 35.9 Å². The maximum absolute atomic E-state index is 11.7. The molecule has 0 saturated carbocycles. The second kappa shape index (κ2) is 20.1. The summed E-state index contributed by atoms with van der Waals surface area (Å²) in [6.45, 7) is 9.65. The van der Waals surface area contributed by atoms with Gasteiger partial charge in [-0.05, 0) is 71.3 Å². The maximum atomic E-state index is 11.7. The summed E-state index contributed by atoms with van der Waals surface area (Å²) in [7, 11) is 0. The zero-order chi connectivity index (χ0) is 25.6. The number of alkyl carbamates (subject to hydrolysis) is 1. The van der Waals surface area contributed by atoms with Gasteiger partial charge in [0.05, 0.1) is 0 Å². The molecule has 0 unspecified atom stereocenters. The number of rotatable bonds is 20. The van der Waals surface area contributed by atoms with Crippen molar-refractivity contribution in [3.63, 3.8) is 0 Å². The molecule has 0 aliphatic rings. The molecule has 0 bridgehead atoms. The summed E-state index contributed by atoms with van der Waals surface area (Å²) in [4.78, 5) is 23.3. The molecular formula is C28H47NO6. The first-order chi connectivity index (χ1) is 16.9. The molecule has 0 aliphatic carbocycles. The normalized spacial score (nSPS) is 11.3. The molecule has 1 rings (SSSR count). The van der Waals surface area contributed by atoms with Crippen molar-refractivity contribution < 1.29 is 28.5 Å². The Morgan fingerprint density at radius 3 is 1.89 bits per heavy atom. The second-order valence-electron chi connectivity index (χ2n) is 9.73. The van der Waals surface area contributed by atoms with Gasteiger partial charge >= 0.3 is 12.1 Å². The molecule has 0 saturated heterocycles. The van der Waals surface area contributed by atoms with Gasteiger partial charge in [0.15, 0.2) is 0 Å². The molecule has 0 spiro atoms. The van der Waals surface area contributed by atoms with E-state index in [1.54, 1.807) is 0 Å². The van der Waals surface area contributed by atoms with E-state index >= 15 is 0 Å². The lowest BCUT2D eigenvalue weighted by atomic mass is 10.2. The van der Waals surface area contributed by atoms with Crippen LogP contribution in [-0.2, 0) is 30.3 Å². The first-order valence-electron chi connectivity index (χ1n) is 13.2. The van der Waals surface area contributed by atoms with Crippen LogP contribution in [0.15, 0.2) is 30.3 Å². The number of ether oxygens (including phenoxy) is 4.